The normalized spacial score (nSPS) is 23.2. The highest BCUT2D eigenvalue weighted by molar-refractivity contribution is 7.15. The van der Waals surface area contributed by atoms with E-state index in [0.717, 1.165) is 37.0 Å². The molecule has 0 aromatic carbocycles. The van der Waals surface area contributed by atoms with Crippen LogP contribution in [0.25, 0.3) is 0 Å². The summed E-state index contributed by atoms with van der Waals surface area (Å²) in [5.74, 6) is 5.36. The van der Waals surface area contributed by atoms with Crippen molar-refractivity contribution in [3.63, 3.8) is 0 Å². The van der Waals surface area contributed by atoms with Crippen molar-refractivity contribution in [1.82, 2.24) is 4.90 Å². The predicted molar refractivity (Wildman–Crippen MR) is 135 cm³/mol. The number of aromatic carboxylic acids is 1. The van der Waals surface area contributed by atoms with Crippen LogP contribution in [0.2, 0.25) is 0 Å². The number of carbonyl (C=O) groups is 2. The molecule has 2 heterocycles. The molecule has 1 saturated carbocycles. The van der Waals surface area contributed by atoms with Crippen molar-refractivity contribution in [2.45, 2.75) is 97.5 Å². The third-order valence-corrected chi connectivity index (χ3v) is 6.74. The summed E-state index contributed by atoms with van der Waals surface area (Å²) in [5.41, 5.74) is 0.0243. The van der Waals surface area contributed by atoms with E-state index in [1.165, 1.54) is 11.3 Å². The van der Waals surface area contributed by atoms with Gasteiger partial charge in [-0.05, 0) is 79.7 Å². The first-order chi connectivity index (χ1) is 15.8. The first-order valence-corrected chi connectivity index (χ1v) is 12.9. The number of nitrogens with zero attached hydrogens (tertiary/aromatic N) is 1. The van der Waals surface area contributed by atoms with E-state index >= 15 is 0 Å². The molecule has 2 N–H and O–H groups in total. The quantitative estimate of drug-likeness (QED) is 0.523. The largest absolute Gasteiger partial charge is 0.477 e. The van der Waals surface area contributed by atoms with Gasteiger partial charge >= 0.3 is 12.1 Å². The Morgan fingerprint density at radius 1 is 1.09 bits per heavy atom. The molecule has 1 amide bonds. The molecule has 1 atom stereocenters. The monoisotopic (exact) mass is 490 g/mol. The Bertz CT molecular complexity index is 939. The molecule has 1 aromatic heterocycles. The van der Waals surface area contributed by atoms with Crippen LogP contribution in [0, 0.1) is 17.3 Å². The lowest BCUT2D eigenvalue weighted by molar-refractivity contribution is -0.0277. The Morgan fingerprint density at radius 2 is 1.76 bits per heavy atom. The number of ether oxygens (including phenoxy) is 2. The summed E-state index contributed by atoms with van der Waals surface area (Å²) in [5, 5.41) is 13.1. The summed E-state index contributed by atoms with van der Waals surface area (Å²) < 4.78 is 11.8. The number of amides is 1. The van der Waals surface area contributed by atoms with Gasteiger partial charge in [-0.2, -0.15) is 0 Å². The molecule has 1 aliphatic heterocycles. The van der Waals surface area contributed by atoms with Gasteiger partial charge in [-0.25, -0.2) is 9.59 Å². The molecule has 0 unspecified atom stereocenters. The molecule has 7 nitrogen and oxygen atoms in total. The van der Waals surface area contributed by atoms with E-state index in [-0.39, 0.29) is 29.8 Å². The van der Waals surface area contributed by atoms with Crippen molar-refractivity contribution in [3.8, 4) is 11.8 Å². The van der Waals surface area contributed by atoms with Crippen molar-refractivity contribution in [2.75, 3.05) is 18.4 Å². The number of thiophene rings is 1. The Balaban J connectivity index is 1.49. The van der Waals surface area contributed by atoms with Crippen molar-refractivity contribution >= 4 is 29.1 Å². The molecule has 3 rings (SSSR count). The Morgan fingerprint density at radius 3 is 2.35 bits per heavy atom. The number of nitrogens with one attached hydrogen (secondary N) is 1. The molecule has 8 heteroatoms. The second kappa shape index (κ2) is 10.6. The molecule has 0 spiro atoms. The maximum Gasteiger partial charge on any atom is 0.410 e. The van der Waals surface area contributed by atoms with E-state index in [1.807, 2.05) is 47.6 Å². The zero-order valence-electron chi connectivity index (χ0n) is 21.2. The number of rotatable bonds is 5. The predicted octanol–water partition coefficient (Wildman–Crippen LogP) is 5.59. The van der Waals surface area contributed by atoms with Crippen molar-refractivity contribution in [1.29, 1.82) is 0 Å². The van der Waals surface area contributed by atoms with Crippen LogP contribution in [0.3, 0.4) is 0 Å². The van der Waals surface area contributed by atoms with Crippen molar-refractivity contribution < 1.29 is 24.2 Å². The van der Waals surface area contributed by atoms with E-state index < -0.39 is 11.6 Å². The summed E-state index contributed by atoms with van der Waals surface area (Å²) >= 11 is 1.22. The number of hydrogen-bond donors (Lipinski definition) is 2. The lowest BCUT2D eigenvalue weighted by Crippen LogP contribution is -2.37. The summed E-state index contributed by atoms with van der Waals surface area (Å²) in [6, 6.07) is 2.07. The van der Waals surface area contributed by atoms with Gasteiger partial charge in [0.2, 0.25) is 0 Å². The smallest absolute Gasteiger partial charge is 0.410 e. The Hall–Kier alpha value is -2.24. The zero-order chi connectivity index (χ0) is 25.1. The number of carboxylic acids is 1. The second-order valence-corrected chi connectivity index (χ2v) is 12.3. The summed E-state index contributed by atoms with van der Waals surface area (Å²) in [6.07, 6.45) is 4.39. The molecular weight excluding hydrogens is 452 g/mol. The average Bonchev–Trinajstić information content (AvgIpc) is 3.33. The highest BCUT2D eigenvalue weighted by Gasteiger charge is 2.33. The molecule has 2 aliphatic rings. The van der Waals surface area contributed by atoms with Crippen LogP contribution < -0.4 is 5.32 Å². The van der Waals surface area contributed by atoms with Gasteiger partial charge in [0.15, 0.2) is 0 Å². The highest BCUT2D eigenvalue weighted by atomic mass is 32.1. The standard InChI is InChI=1S/C26H38N2O5S/c1-25(2,3)13-11-20-15-21(22(34-20)23(29)30)27-17-7-9-18(10-8-17)32-19-12-14-28(16-19)24(31)33-26(4,5)6/h15,17-19,27H,7-10,12,14,16H2,1-6H3,(H,29,30)/t17?,18?,19-/m1/s1. The molecule has 1 saturated heterocycles. The minimum Gasteiger partial charge on any atom is -0.477 e. The Labute approximate surface area is 207 Å². The lowest BCUT2D eigenvalue weighted by Gasteiger charge is -2.31. The fraction of sp³-hybridized carbons (Fsp3) is 0.692. The molecule has 2 fully saturated rings. The number of likely N-dealkylation sites (tertiary alicyclic amines) is 1. The molecule has 0 radical (unpaired) electrons. The van der Waals surface area contributed by atoms with E-state index in [9.17, 15) is 14.7 Å². The van der Waals surface area contributed by atoms with E-state index in [4.69, 9.17) is 9.47 Å². The molecular formula is C26H38N2O5S. The molecule has 188 valence electrons. The average molecular weight is 491 g/mol. The maximum atomic E-state index is 12.3. The number of hydrogen-bond acceptors (Lipinski definition) is 6. The van der Waals surface area contributed by atoms with Crippen LogP contribution >= 0.6 is 11.3 Å². The van der Waals surface area contributed by atoms with E-state index in [1.54, 1.807) is 4.90 Å². The SMILES string of the molecule is CC(C)(C)C#Cc1cc(NC2CCC(O[C@@H]3CCN(C(=O)OC(C)(C)C)C3)CC2)c(C(=O)O)s1. The van der Waals surface area contributed by atoms with Crippen LogP contribution in [0.5, 0.6) is 0 Å². The lowest BCUT2D eigenvalue weighted by atomic mass is 9.92. The third-order valence-electron chi connectivity index (χ3n) is 5.70. The summed E-state index contributed by atoms with van der Waals surface area (Å²) in [4.78, 5) is 26.8. The summed E-state index contributed by atoms with van der Waals surface area (Å²) in [6.45, 7) is 12.9. The molecule has 1 aliphatic carbocycles. The van der Waals surface area contributed by atoms with Crippen LogP contribution in [0.4, 0.5) is 10.5 Å². The van der Waals surface area contributed by atoms with Gasteiger partial charge in [0.1, 0.15) is 10.5 Å². The van der Waals surface area contributed by atoms with E-state index in [0.29, 0.717) is 23.7 Å². The zero-order valence-corrected chi connectivity index (χ0v) is 22.0. The molecule has 0 bridgehead atoms. The van der Waals surface area contributed by atoms with Gasteiger partial charge in [0.25, 0.3) is 0 Å². The number of carbonyl (C=O) groups excluding carboxylic acids is 1. The van der Waals surface area contributed by atoms with Gasteiger partial charge in [0, 0.05) is 18.0 Å². The fourth-order valence-corrected chi connectivity index (χ4v) is 4.95. The van der Waals surface area contributed by atoms with Gasteiger partial charge in [-0.3, -0.25) is 0 Å². The van der Waals surface area contributed by atoms with Gasteiger partial charge in [-0.1, -0.05) is 11.8 Å². The number of anilines is 1. The van der Waals surface area contributed by atoms with Gasteiger partial charge in [0.05, 0.1) is 29.3 Å². The first kappa shape index (κ1) is 26.4. The van der Waals surface area contributed by atoms with Crippen molar-refractivity contribution in [3.05, 3.63) is 15.8 Å². The van der Waals surface area contributed by atoms with Gasteiger partial charge < -0.3 is 24.8 Å². The molecule has 1 aromatic rings. The maximum absolute atomic E-state index is 12.3. The number of carboxylic acid groups (broad SMARTS) is 1. The molecule has 34 heavy (non-hydrogen) atoms. The Kier molecular flexibility index (Phi) is 8.20. The summed E-state index contributed by atoms with van der Waals surface area (Å²) in [7, 11) is 0. The van der Waals surface area contributed by atoms with Gasteiger partial charge in [-0.15, -0.1) is 11.3 Å². The minimum absolute atomic E-state index is 0.0430. The minimum atomic E-state index is -0.927. The van der Waals surface area contributed by atoms with Crippen LogP contribution in [0.15, 0.2) is 6.07 Å². The van der Waals surface area contributed by atoms with Crippen LogP contribution in [0.1, 0.15) is 88.2 Å². The second-order valence-electron chi connectivity index (χ2n) is 11.2. The van der Waals surface area contributed by atoms with E-state index in [2.05, 4.69) is 17.2 Å². The topological polar surface area (TPSA) is 88.1 Å². The fourth-order valence-electron chi connectivity index (χ4n) is 4.13. The van der Waals surface area contributed by atoms with Crippen molar-refractivity contribution in [2.24, 2.45) is 5.41 Å². The first-order valence-electron chi connectivity index (χ1n) is 12.1. The van der Waals surface area contributed by atoms with Crippen LogP contribution in [-0.2, 0) is 9.47 Å². The highest BCUT2D eigenvalue weighted by Crippen LogP contribution is 2.32. The third kappa shape index (κ3) is 7.92. The van der Waals surface area contributed by atoms with Crippen LogP contribution in [-0.4, -0.2) is 59.0 Å².